The lowest BCUT2D eigenvalue weighted by Gasteiger charge is -2.06. The Hall–Kier alpha value is -2.35. The highest BCUT2D eigenvalue weighted by atomic mass is 19.1. The van der Waals surface area contributed by atoms with Crippen LogP contribution in [0.4, 0.5) is 14.5 Å². The SMILES string of the molecule is O=[N+]([O-])c1cnn(CCO)c1-c1ccc(F)cc1F. The molecule has 1 aromatic carbocycles. The molecule has 2 aromatic rings. The van der Waals surface area contributed by atoms with E-state index < -0.39 is 22.2 Å². The van der Waals surface area contributed by atoms with Crippen LogP contribution in [0, 0.1) is 21.7 Å². The Morgan fingerprint density at radius 2 is 2.16 bits per heavy atom. The fourth-order valence-corrected chi connectivity index (χ4v) is 1.73. The van der Waals surface area contributed by atoms with Gasteiger partial charge < -0.3 is 5.11 Å². The van der Waals surface area contributed by atoms with Crippen molar-refractivity contribution in [2.24, 2.45) is 0 Å². The van der Waals surface area contributed by atoms with Crippen LogP contribution < -0.4 is 0 Å². The van der Waals surface area contributed by atoms with Crippen LogP contribution in [0.3, 0.4) is 0 Å². The van der Waals surface area contributed by atoms with Crippen molar-refractivity contribution in [1.29, 1.82) is 0 Å². The van der Waals surface area contributed by atoms with Crippen molar-refractivity contribution in [3.05, 3.63) is 46.1 Å². The summed E-state index contributed by atoms with van der Waals surface area (Å²) in [4.78, 5) is 10.2. The summed E-state index contributed by atoms with van der Waals surface area (Å²) in [6, 6.07) is 2.73. The number of hydrogen-bond acceptors (Lipinski definition) is 4. The monoisotopic (exact) mass is 269 g/mol. The number of aliphatic hydroxyl groups is 1. The molecule has 6 nitrogen and oxygen atoms in total. The number of nitrogens with zero attached hydrogens (tertiary/aromatic N) is 3. The van der Waals surface area contributed by atoms with Gasteiger partial charge in [-0.2, -0.15) is 5.10 Å². The van der Waals surface area contributed by atoms with E-state index >= 15 is 0 Å². The van der Waals surface area contributed by atoms with Gasteiger partial charge in [-0.15, -0.1) is 0 Å². The van der Waals surface area contributed by atoms with E-state index in [1.807, 2.05) is 0 Å². The van der Waals surface area contributed by atoms with Crippen molar-refractivity contribution >= 4 is 5.69 Å². The molecule has 0 atom stereocenters. The van der Waals surface area contributed by atoms with Crippen molar-refractivity contribution in [3.8, 4) is 11.3 Å². The van der Waals surface area contributed by atoms with Crippen molar-refractivity contribution < 1.29 is 18.8 Å². The molecular formula is C11H9F2N3O3. The maximum absolute atomic E-state index is 13.7. The highest BCUT2D eigenvalue weighted by molar-refractivity contribution is 5.70. The molecular weight excluding hydrogens is 260 g/mol. The third-order valence-electron chi connectivity index (χ3n) is 2.51. The quantitative estimate of drug-likeness (QED) is 0.677. The van der Waals surface area contributed by atoms with E-state index in [-0.39, 0.29) is 24.4 Å². The van der Waals surface area contributed by atoms with Crippen LogP contribution in [0.15, 0.2) is 24.4 Å². The molecule has 0 spiro atoms. The van der Waals surface area contributed by atoms with E-state index in [0.717, 1.165) is 23.0 Å². The van der Waals surface area contributed by atoms with Gasteiger partial charge in [-0.25, -0.2) is 8.78 Å². The van der Waals surface area contributed by atoms with E-state index in [4.69, 9.17) is 5.11 Å². The van der Waals surface area contributed by atoms with Gasteiger partial charge in [-0.05, 0) is 12.1 Å². The van der Waals surface area contributed by atoms with Gasteiger partial charge in [-0.3, -0.25) is 14.8 Å². The fourth-order valence-electron chi connectivity index (χ4n) is 1.73. The number of aliphatic hydroxyl groups excluding tert-OH is 1. The predicted molar refractivity (Wildman–Crippen MR) is 61.3 cm³/mol. The second-order valence-electron chi connectivity index (χ2n) is 3.71. The van der Waals surface area contributed by atoms with Crippen molar-refractivity contribution in [2.75, 3.05) is 6.61 Å². The lowest BCUT2D eigenvalue weighted by Crippen LogP contribution is -2.07. The summed E-state index contributed by atoms with van der Waals surface area (Å²) in [6.07, 6.45) is 0.966. The highest BCUT2D eigenvalue weighted by Gasteiger charge is 2.24. The summed E-state index contributed by atoms with van der Waals surface area (Å²) in [5, 5.41) is 23.5. The van der Waals surface area contributed by atoms with Crippen LogP contribution >= 0.6 is 0 Å². The zero-order valence-corrected chi connectivity index (χ0v) is 9.58. The number of aromatic nitrogens is 2. The summed E-state index contributed by atoms with van der Waals surface area (Å²) in [6.45, 7) is -0.339. The van der Waals surface area contributed by atoms with Crippen LogP contribution in [0.1, 0.15) is 0 Å². The van der Waals surface area contributed by atoms with Crippen LogP contribution in [-0.4, -0.2) is 26.4 Å². The maximum atomic E-state index is 13.7. The topological polar surface area (TPSA) is 81.2 Å². The van der Waals surface area contributed by atoms with E-state index in [1.54, 1.807) is 0 Å². The van der Waals surface area contributed by atoms with Gasteiger partial charge >= 0.3 is 5.69 Å². The lowest BCUT2D eigenvalue weighted by atomic mass is 10.1. The number of hydrogen-bond donors (Lipinski definition) is 1. The molecule has 0 radical (unpaired) electrons. The minimum Gasteiger partial charge on any atom is -0.394 e. The Morgan fingerprint density at radius 3 is 2.74 bits per heavy atom. The molecule has 0 fully saturated rings. The molecule has 0 saturated carbocycles. The molecule has 0 aliphatic carbocycles. The summed E-state index contributed by atoms with van der Waals surface area (Å²) in [5.74, 6) is -1.71. The van der Waals surface area contributed by atoms with Crippen molar-refractivity contribution in [3.63, 3.8) is 0 Å². The Morgan fingerprint density at radius 1 is 1.42 bits per heavy atom. The van der Waals surface area contributed by atoms with Crippen molar-refractivity contribution in [2.45, 2.75) is 6.54 Å². The minimum atomic E-state index is -0.928. The van der Waals surface area contributed by atoms with Crippen molar-refractivity contribution in [1.82, 2.24) is 9.78 Å². The molecule has 1 heterocycles. The normalized spacial score (nSPS) is 10.7. The molecule has 1 N–H and O–H groups in total. The van der Waals surface area contributed by atoms with Crippen LogP contribution in [0.2, 0.25) is 0 Å². The van der Waals surface area contributed by atoms with Gasteiger partial charge in [0.15, 0.2) is 0 Å². The molecule has 100 valence electrons. The number of nitro groups is 1. The first-order valence-corrected chi connectivity index (χ1v) is 5.31. The zero-order valence-electron chi connectivity index (χ0n) is 9.58. The standard InChI is InChI=1S/C11H9F2N3O3/c12-7-1-2-8(9(13)5-7)11-10(16(18)19)6-14-15(11)3-4-17/h1-2,5-6,17H,3-4H2. The molecule has 2 rings (SSSR count). The molecule has 0 bridgehead atoms. The molecule has 0 amide bonds. The smallest absolute Gasteiger partial charge is 0.315 e. The van der Waals surface area contributed by atoms with Crippen LogP contribution in [0.25, 0.3) is 11.3 Å². The summed E-state index contributed by atoms with van der Waals surface area (Å²) in [7, 11) is 0. The number of benzene rings is 1. The molecule has 0 saturated heterocycles. The molecule has 19 heavy (non-hydrogen) atoms. The predicted octanol–water partition coefficient (Wildman–Crippen LogP) is 1.73. The first-order chi connectivity index (χ1) is 9.04. The van der Waals surface area contributed by atoms with Gasteiger partial charge in [0.25, 0.3) is 0 Å². The summed E-state index contributed by atoms with van der Waals surface area (Å²) < 4.78 is 27.7. The van der Waals surface area contributed by atoms with Crippen LogP contribution in [0.5, 0.6) is 0 Å². The largest absolute Gasteiger partial charge is 0.394 e. The van der Waals surface area contributed by atoms with Gasteiger partial charge in [0.05, 0.1) is 18.1 Å². The van der Waals surface area contributed by atoms with E-state index in [9.17, 15) is 18.9 Å². The van der Waals surface area contributed by atoms with Gasteiger partial charge in [0, 0.05) is 11.6 Å². The molecule has 0 aliphatic heterocycles. The van der Waals surface area contributed by atoms with E-state index in [2.05, 4.69) is 5.10 Å². The van der Waals surface area contributed by atoms with Gasteiger partial charge in [0.2, 0.25) is 0 Å². The minimum absolute atomic E-state index is 0.0278. The van der Waals surface area contributed by atoms with E-state index in [1.165, 1.54) is 0 Å². The Kier molecular flexibility index (Phi) is 3.52. The molecule has 0 unspecified atom stereocenters. The number of halogens is 2. The number of rotatable bonds is 4. The zero-order chi connectivity index (χ0) is 14.0. The molecule has 1 aromatic heterocycles. The summed E-state index contributed by atoms with van der Waals surface area (Å²) in [5.41, 5.74) is -0.644. The first-order valence-electron chi connectivity index (χ1n) is 5.31. The second-order valence-corrected chi connectivity index (χ2v) is 3.71. The van der Waals surface area contributed by atoms with Gasteiger partial charge in [0.1, 0.15) is 23.5 Å². The maximum Gasteiger partial charge on any atom is 0.315 e. The third kappa shape index (κ3) is 2.43. The third-order valence-corrected chi connectivity index (χ3v) is 2.51. The van der Waals surface area contributed by atoms with Gasteiger partial charge in [-0.1, -0.05) is 0 Å². The average Bonchev–Trinajstić information content (AvgIpc) is 2.73. The second kappa shape index (κ2) is 5.11. The lowest BCUT2D eigenvalue weighted by molar-refractivity contribution is -0.384. The Balaban J connectivity index is 2.64. The molecule has 8 heteroatoms. The fraction of sp³-hybridized carbons (Fsp3) is 0.182. The first kappa shape index (κ1) is 13.1. The van der Waals surface area contributed by atoms with Crippen LogP contribution in [-0.2, 0) is 6.54 Å². The average molecular weight is 269 g/mol. The highest BCUT2D eigenvalue weighted by Crippen LogP contribution is 2.31. The molecule has 0 aliphatic rings. The summed E-state index contributed by atoms with van der Waals surface area (Å²) >= 11 is 0. The Bertz CT molecular complexity index is 628. The Labute approximate surface area is 106 Å². The van der Waals surface area contributed by atoms with E-state index in [0.29, 0.717) is 6.07 Å².